The van der Waals surface area contributed by atoms with Crippen LogP contribution in [0.25, 0.3) is 0 Å². The Morgan fingerprint density at radius 3 is 2.80 bits per heavy atom. The summed E-state index contributed by atoms with van der Waals surface area (Å²) in [6, 6.07) is 5.62. The number of hydrogen-bond acceptors (Lipinski definition) is 4. The van der Waals surface area contributed by atoms with Crippen LogP contribution >= 0.6 is 11.6 Å². The fourth-order valence-corrected chi connectivity index (χ4v) is 1.84. The summed E-state index contributed by atoms with van der Waals surface area (Å²) < 4.78 is 5.64. The number of nitrogens with one attached hydrogen (secondary N) is 1. The number of halogens is 1. The van der Waals surface area contributed by atoms with Crippen LogP contribution in [0.5, 0.6) is 11.6 Å². The van der Waals surface area contributed by atoms with Gasteiger partial charge in [-0.3, -0.25) is 4.98 Å². The molecule has 4 nitrogen and oxygen atoms in total. The Balaban J connectivity index is 2.01. The maximum atomic E-state index is 6.08. The topological polar surface area (TPSA) is 47.0 Å². The maximum absolute atomic E-state index is 6.08. The number of aromatic nitrogens is 2. The zero-order valence-corrected chi connectivity index (χ0v) is 12.4. The number of hydrogen-bond donors (Lipinski definition) is 1. The van der Waals surface area contributed by atoms with Gasteiger partial charge in [0.05, 0.1) is 23.1 Å². The normalized spacial score (nSPS) is 10.6. The number of ether oxygens (including phenoxy) is 1. The molecule has 0 fully saturated rings. The first-order chi connectivity index (χ1) is 9.69. The van der Waals surface area contributed by atoms with Crippen LogP contribution in [0.3, 0.4) is 0 Å². The second-order valence-corrected chi connectivity index (χ2v) is 4.97. The molecule has 0 radical (unpaired) electrons. The zero-order chi connectivity index (χ0) is 14.4. The quantitative estimate of drug-likeness (QED) is 0.824. The van der Waals surface area contributed by atoms with E-state index in [1.807, 2.05) is 25.1 Å². The summed E-state index contributed by atoms with van der Waals surface area (Å²) in [5, 5.41) is 3.83. The Hall–Kier alpha value is -1.65. The van der Waals surface area contributed by atoms with Gasteiger partial charge in [-0.15, -0.1) is 0 Å². The van der Waals surface area contributed by atoms with Crippen molar-refractivity contribution in [1.29, 1.82) is 0 Å². The van der Waals surface area contributed by atoms with Crippen molar-refractivity contribution in [3.8, 4) is 11.6 Å². The first kappa shape index (κ1) is 14.8. The minimum atomic E-state index is 0.441. The Morgan fingerprint density at radius 1 is 1.25 bits per heavy atom. The number of rotatable bonds is 6. The molecule has 0 aliphatic heterocycles. The molecule has 1 aromatic heterocycles. The third-order valence-corrected chi connectivity index (χ3v) is 3.03. The van der Waals surface area contributed by atoms with E-state index < -0.39 is 0 Å². The van der Waals surface area contributed by atoms with E-state index in [2.05, 4.69) is 22.2 Å². The highest BCUT2D eigenvalue weighted by molar-refractivity contribution is 6.32. The van der Waals surface area contributed by atoms with E-state index in [9.17, 15) is 0 Å². The van der Waals surface area contributed by atoms with Crippen molar-refractivity contribution in [2.45, 2.75) is 26.8 Å². The average molecular weight is 292 g/mol. The molecule has 0 spiro atoms. The van der Waals surface area contributed by atoms with Crippen LogP contribution in [0.1, 0.15) is 24.6 Å². The van der Waals surface area contributed by atoms with Crippen molar-refractivity contribution in [3.63, 3.8) is 0 Å². The summed E-state index contributed by atoms with van der Waals surface area (Å²) in [6.07, 6.45) is 4.42. The van der Waals surface area contributed by atoms with Crippen molar-refractivity contribution in [3.05, 3.63) is 46.9 Å². The molecular weight excluding hydrogens is 274 g/mol. The monoisotopic (exact) mass is 291 g/mol. The summed E-state index contributed by atoms with van der Waals surface area (Å²) in [5.74, 6) is 1.04. The molecule has 20 heavy (non-hydrogen) atoms. The van der Waals surface area contributed by atoms with E-state index in [-0.39, 0.29) is 0 Å². The van der Waals surface area contributed by atoms with Crippen LogP contribution in [-0.2, 0) is 6.54 Å². The van der Waals surface area contributed by atoms with Crippen LogP contribution in [0, 0.1) is 6.92 Å². The second-order valence-electron chi connectivity index (χ2n) is 4.56. The second kappa shape index (κ2) is 7.22. The molecule has 1 N–H and O–H groups in total. The highest BCUT2D eigenvalue weighted by atomic mass is 35.5. The van der Waals surface area contributed by atoms with Crippen LogP contribution < -0.4 is 10.1 Å². The van der Waals surface area contributed by atoms with Crippen molar-refractivity contribution < 1.29 is 4.74 Å². The predicted octanol–water partition coefficient (Wildman–Crippen LogP) is 3.73. The summed E-state index contributed by atoms with van der Waals surface area (Å²) >= 11 is 6.08. The summed E-state index contributed by atoms with van der Waals surface area (Å²) in [7, 11) is 0. The van der Waals surface area contributed by atoms with Gasteiger partial charge in [0.2, 0.25) is 5.88 Å². The van der Waals surface area contributed by atoms with E-state index in [1.165, 1.54) is 0 Å². The van der Waals surface area contributed by atoms with E-state index in [4.69, 9.17) is 16.3 Å². The lowest BCUT2D eigenvalue weighted by Gasteiger charge is -2.08. The van der Waals surface area contributed by atoms with E-state index in [0.717, 1.165) is 24.2 Å². The molecule has 0 aliphatic rings. The van der Waals surface area contributed by atoms with Crippen molar-refractivity contribution in [2.24, 2.45) is 0 Å². The molecule has 106 valence electrons. The molecule has 0 saturated heterocycles. The van der Waals surface area contributed by atoms with E-state index in [1.54, 1.807) is 12.4 Å². The lowest BCUT2D eigenvalue weighted by atomic mass is 10.2. The lowest BCUT2D eigenvalue weighted by Crippen LogP contribution is -2.14. The minimum absolute atomic E-state index is 0.441. The van der Waals surface area contributed by atoms with Gasteiger partial charge in [-0.25, -0.2) is 4.98 Å². The Morgan fingerprint density at radius 2 is 2.10 bits per heavy atom. The molecule has 1 aromatic carbocycles. The Kier molecular flexibility index (Phi) is 5.32. The van der Waals surface area contributed by atoms with Crippen LogP contribution in [0.4, 0.5) is 0 Å². The fraction of sp³-hybridized carbons (Fsp3) is 0.333. The van der Waals surface area contributed by atoms with Gasteiger partial charge >= 0.3 is 0 Å². The zero-order valence-electron chi connectivity index (χ0n) is 11.7. The van der Waals surface area contributed by atoms with Crippen LogP contribution in [-0.4, -0.2) is 16.5 Å². The van der Waals surface area contributed by atoms with E-state index in [0.29, 0.717) is 23.2 Å². The first-order valence-electron chi connectivity index (χ1n) is 6.64. The molecule has 0 bridgehead atoms. The van der Waals surface area contributed by atoms with Gasteiger partial charge in [-0.05, 0) is 37.6 Å². The summed E-state index contributed by atoms with van der Waals surface area (Å²) in [6.45, 7) is 5.80. The predicted molar refractivity (Wildman–Crippen MR) is 80.3 cm³/mol. The van der Waals surface area contributed by atoms with Gasteiger partial charge in [-0.2, -0.15) is 0 Å². The first-order valence-corrected chi connectivity index (χ1v) is 7.02. The molecule has 0 unspecified atom stereocenters. The highest BCUT2D eigenvalue weighted by Crippen LogP contribution is 2.28. The highest BCUT2D eigenvalue weighted by Gasteiger charge is 2.05. The maximum Gasteiger partial charge on any atom is 0.237 e. The molecular formula is C15H18ClN3O. The number of aryl methyl sites for hydroxylation is 1. The van der Waals surface area contributed by atoms with Crippen molar-refractivity contribution in [1.82, 2.24) is 15.3 Å². The summed E-state index contributed by atoms with van der Waals surface area (Å²) in [4.78, 5) is 8.55. The van der Waals surface area contributed by atoms with Crippen molar-refractivity contribution >= 4 is 11.6 Å². The number of benzene rings is 1. The number of nitrogens with zero attached hydrogens (tertiary/aromatic N) is 2. The average Bonchev–Trinajstić information content (AvgIpc) is 2.45. The molecule has 2 rings (SSSR count). The van der Waals surface area contributed by atoms with Gasteiger partial charge < -0.3 is 10.1 Å². The molecule has 0 amide bonds. The van der Waals surface area contributed by atoms with Gasteiger partial charge in [0.1, 0.15) is 5.75 Å². The smallest absolute Gasteiger partial charge is 0.237 e. The molecule has 5 heteroatoms. The largest absolute Gasteiger partial charge is 0.436 e. The standard InChI is InChI=1S/C15H18ClN3O/c1-3-6-17-8-12-9-19-15(10-18-12)20-14-7-11(2)4-5-13(14)16/h4-5,7,9-10,17H,3,6,8H2,1-2H3. The molecule has 2 aromatic rings. The summed E-state index contributed by atoms with van der Waals surface area (Å²) in [5.41, 5.74) is 1.97. The SMILES string of the molecule is CCCNCc1cnc(Oc2cc(C)ccc2Cl)cn1. The Bertz CT molecular complexity index is 558. The molecule has 0 aliphatic carbocycles. The van der Waals surface area contributed by atoms with Crippen LogP contribution in [0.2, 0.25) is 5.02 Å². The molecule has 0 atom stereocenters. The van der Waals surface area contributed by atoms with E-state index >= 15 is 0 Å². The third kappa shape index (κ3) is 4.18. The third-order valence-electron chi connectivity index (χ3n) is 2.72. The Labute approximate surface area is 124 Å². The van der Waals surface area contributed by atoms with Gasteiger partial charge in [0.25, 0.3) is 0 Å². The van der Waals surface area contributed by atoms with Gasteiger partial charge in [-0.1, -0.05) is 24.6 Å². The minimum Gasteiger partial charge on any atom is -0.436 e. The van der Waals surface area contributed by atoms with Gasteiger partial charge in [0, 0.05) is 6.54 Å². The van der Waals surface area contributed by atoms with Gasteiger partial charge in [0.15, 0.2) is 0 Å². The molecule has 1 heterocycles. The van der Waals surface area contributed by atoms with Crippen molar-refractivity contribution in [2.75, 3.05) is 6.54 Å². The van der Waals surface area contributed by atoms with Crippen LogP contribution in [0.15, 0.2) is 30.6 Å². The molecule has 0 saturated carbocycles. The lowest BCUT2D eigenvalue weighted by molar-refractivity contribution is 0.458. The fourth-order valence-electron chi connectivity index (χ4n) is 1.68.